The van der Waals surface area contributed by atoms with Crippen LogP contribution >= 0.6 is 11.8 Å². The lowest BCUT2D eigenvalue weighted by atomic mass is 10.1. The van der Waals surface area contributed by atoms with Gasteiger partial charge in [0.05, 0.1) is 5.57 Å². The molecule has 0 atom stereocenters. The summed E-state index contributed by atoms with van der Waals surface area (Å²) in [5, 5.41) is 15.9. The number of amides is 1. The van der Waals surface area contributed by atoms with E-state index in [1.165, 1.54) is 35.3 Å². The number of carbonyl (C=O) groups excluding carboxylic acids is 1. The van der Waals surface area contributed by atoms with Crippen LogP contribution in [0.25, 0.3) is 11.8 Å². The van der Waals surface area contributed by atoms with Crippen LogP contribution in [0.15, 0.2) is 46.0 Å². The van der Waals surface area contributed by atoms with Crippen molar-refractivity contribution in [1.29, 1.82) is 5.41 Å². The Morgan fingerprint density at radius 2 is 1.81 bits per heavy atom. The second kappa shape index (κ2) is 8.05. The van der Waals surface area contributed by atoms with Gasteiger partial charge in [-0.05, 0) is 86.8 Å². The van der Waals surface area contributed by atoms with Gasteiger partial charge in [0.25, 0.3) is 5.91 Å². The molecule has 0 bridgehead atoms. The first-order valence-corrected chi connectivity index (χ1v) is 11.4. The maximum Gasteiger partial charge on any atom is 0.283 e. The number of hydrogen-bond acceptors (Lipinski definition) is 5. The van der Waals surface area contributed by atoms with E-state index in [0.29, 0.717) is 5.17 Å². The number of rotatable bonds is 2. The maximum atomic E-state index is 13.3. The maximum absolute atomic E-state index is 13.3. The zero-order valence-electron chi connectivity index (χ0n) is 17.9. The minimum absolute atomic E-state index is 0.0334. The molecule has 1 aromatic carbocycles. The molecule has 0 unspecified atom stereocenters. The van der Waals surface area contributed by atoms with Gasteiger partial charge in [-0.2, -0.15) is 10.0 Å². The first kappa shape index (κ1) is 20.7. The predicted octanol–water partition coefficient (Wildman–Crippen LogP) is 4.30. The Hall–Kier alpha value is -3.20. The Balaban J connectivity index is 1.47. The molecule has 0 aliphatic carbocycles. The van der Waals surface area contributed by atoms with Crippen LogP contribution in [0.5, 0.6) is 0 Å². The molecule has 1 N–H and O–H groups in total. The lowest BCUT2D eigenvalue weighted by molar-refractivity contribution is -0.114. The molecule has 5 rings (SSSR count). The van der Waals surface area contributed by atoms with E-state index in [-0.39, 0.29) is 17.2 Å². The summed E-state index contributed by atoms with van der Waals surface area (Å²) >= 11 is 1.35. The van der Waals surface area contributed by atoms with Gasteiger partial charge >= 0.3 is 0 Å². The highest BCUT2D eigenvalue weighted by Gasteiger charge is 2.37. The molecule has 3 aliphatic rings. The van der Waals surface area contributed by atoms with Gasteiger partial charge in [0.2, 0.25) is 5.17 Å². The van der Waals surface area contributed by atoms with Gasteiger partial charge in [-0.1, -0.05) is 0 Å². The summed E-state index contributed by atoms with van der Waals surface area (Å²) in [4.78, 5) is 19.2. The molecular formula is C23H23FN6OS. The normalized spacial score (nSPS) is 20.0. The molecule has 2 aromatic rings. The summed E-state index contributed by atoms with van der Waals surface area (Å²) in [6, 6.07) is 8.23. The van der Waals surface area contributed by atoms with E-state index in [1.807, 2.05) is 24.5 Å². The third-order valence-corrected chi connectivity index (χ3v) is 6.89. The Labute approximate surface area is 189 Å². The highest BCUT2D eigenvalue weighted by molar-refractivity contribution is 8.26. The quantitative estimate of drug-likeness (QED) is 0.693. The number of halogens is 1. The molecule has 1 saturated heterocycles. The fourth-order valence-corrected chi connectivity index (χ4v) is 5.22. The minimum Gasteiger partial charge on any atom is -0.349 e. The fraction of sp³-hybridized carbons (Fsp3) is 0.304. The summed E-state index contributed by atoms with van der Waals surface area (Å²) in [5.74, 6) is -0.692. The highest BCUT2D eigenvalue weighted by Crippen LogP contribution is 2.31. The van der Waals surface area contributed by atoms with E-state index >= 15 is 0 Å². The van der Waals surface area contributed by atoms with Gasteiger partial charge in [-0.15, -0.1) is 5.10 Å². The van der Waals surface area contributed by atoms with Crippen LogP contribution < -0.4 is 0 Å². The number of amidine groups is 3. The number of likely N-dealkylation sites (tertiary alicyclic amines) is 1. The topological polar surface area (TPSA) is 77.1 Å². The first-order valence-electron chi connectivity index (χ1n) is 10.6. The van der Waals surface area contributed by atoms with Crippen molar-refractivity contribution in [2.24, 2.45) is 10.1 Å². The standard InChI is InChI=1S/C23H23FN6OS/c1-14-12-16(15(2)29(14)18-8-6-17(24)7-9-18)13-19-20(25)30-22(26-21(19)31)32-23(27-30)28-10-4-3-5-11-28/h6-9,12-13,25H,3-5,10-11H2,1-2H3/b19-13+,25-20?. The van der Waals surface area contributed by atoms with Crippen LogP contribution in [-0.2, 0) is 4.79 Å². The van der Waals surface area contributed by atoms with E-state index in [1.54, 1.807) is 18.2 Å². The zero-order valence-corrected chi connectivity index (χ0v) is 18.7. The number of carbonyl (C=O) groups is 1. The number of nitrogens with zero attached hydrogens (tertiary/aromatic N) is 5. The summed E-state index contributed by atoms with van der Waals surface area (Å²) < 4.78 is 15.3. The Kier molecular flexibility index (Phi) is 5.21. The van der Waals surface area contributed by atoms with Crippen LogP contribution in [0.2, 0.25) is 0 Å². The average molecular weight is 451 g/mol. The number of fused-ring (bicyclic) bond motifs is 1. The van der Waals surface area contributed by atoms with Crippen molar-refractivity contribution >= 4 is 39.9 Å². The average Bonchev–Trinajstić information content (AvgIpc) is 3.33. The molecule has 0 spiro atoms. The van der Waals surface area contributed by atoms with Crippen LogP contribution in [-0.4, -0.2) is 49.6 Å². The molecular weight excluding hydrogens is 427 g/mol. The van der Waals surface area contributed by atoms with Crippen molar-refractivity contribution in [3.8, 4) is 5.69 Å². The lowest BCUT2D eigenvalue weighted by Crippen LogP contribution is -2.35. The van der Waals surface area contributed by atoms with Gasteiger partial charge in [-0.3, -0.25) is 10.2 Å². The van der Waals surface area contributed by atoms with E-state index in [2.05, 4.69) is 15.0 Å². The Morgan fingerprint density at radius 3 is 2.53 bits per heavy atom. The van der Waals surface area contributed by atoms with Crippen molar-refractivity contribution in [2.75, 3.05) is 13.1 Å². The van der Waals surface area contributed by atoms with Gasteiger partial charge < -0.3 is 9.47 Å². The van der Waals surface area contributed by atoms with Crippen LogP contribution in [0.4, 0.5) is 4.39 Å². The van der Waals surface area contributed by atoms with Crippen molar-refractivity contribution in [2.45, 2.75) is 33.1 Å². The summed E-state index contributed by atoms with van der Waals surface area (Å²) in [6.07, 6.45) is 5.16. The third-order valence-electron chi connectivity index (χ3n) is 5.93. The molecule has 32 heavy (non-hydrogen) atoms. The predicted molar refractivity (Wildman–Crippen MR) is 126 cm³/mol. The van der Waals surface area contributed by atoms with Crippen LogP contribution in [0.1, 0.15) is 36.2 Å². The molecule has 9 heteroatoms. The van der Waals surface area contributed by atoms with Crippen LogP contribution in [0.3, 0.4) is 0 Å². The number of hydrogen-bond donors (Lipinski definition) is 1. The molecule has 7 nitrogen and oxygen atoms in total. The molecule has 164 valence electrons. The molecule has 0 saturated carbocycles. The molecule has 4 heterocycles. The van der Waals surface area contributed by atoms with E-state index < -0.39 is 5.91 Å². The minimum atomic E-state index is -0.435. The Bertz CT molecular complexity index is 1200. The van der Waals surface area contributed by atoms with E-state index in [4.69, 9.17) is 5.41 Å². The van der Waals surface area contributed by atoms with Crippen molar-refractivity contribution < 1.29 is 9.18 Å². The lowest BCUT2D eigenvalue weighted by Gasteiger charge is -2.26. The summed E-state index contributed by atoms with van der Waals surface area (Å²) in [7, 11) is 0. The van der Waals surface area contributed by atoms with Crippen molar-refractivity contribution in [3.63, 3.8) is 0 Å². The number of benzene rings is 1. The molecule has 1 amide bonds. The number of nitrogens with one attached hydrogen (secondary N) is 1. The highest BCUT2D eigenvalue weighted by atomic mass is 32.2. The molecule has 3 aliphatic heterocycles. The first-order chi connectivity index (χ1) is 15.4. The number of aromatic nitrogens is 1. The van der Waals surface area contributed by atoms with Crippen LogP contribution in [0, 0.1) is 25.1 Å². The second-order valence-corrected chi connectivity index (χ2v) is 9.02. The monoisotopic (exact) mass is 450 g/mol. The second-order valence-electron chi connectivity index (χ2n) is 8.09. The largest absolute Gasteiger partial charge is 0.349 e. The number of aliphatic imine (C=N–C) groups is 1. The SMILES string of the molecule is Cc1cc(/C=C2\C(=N)N3N=C(N4CCCCC4)SC3=NC2=O)c(C)n1-c1ccc(F)cc1. The van der Waals surface area contributed by atoms with Gasteiger partial charge in [-0.25, -0.2) is 4.39 Å². The van der Waals surface area contributed by atoms with Gasteiger partial charge in [0, 0.05) is 30.2 Å². The molecule has 1 aromatic heterocycles. The Morgan fingerprint density at radius 1 is 1.09 bits per heavy atom. The fourth-order valence-electron chi connectivity index (χ4n) is 4.27. The number of aryl methyl sites for hydroxylation is 1. The van der Waals surface area contributed by atoms with Crippen molar-refractivity contribution in [1.82, 2.24) is 14.5 Å². The molecule has 1 fully saturated rings. The summed E-state index contributed by atoms with van der Waals surface area (Å²) in [6.45, 7) is 5.76. The smallest absolute Gasteiger partial charge is 0.283 e. The zero-order chi connectivity index (χ0) is 22.4. The van der Waals surface area contributed by atoms with E-state index in [0.717, 1.165) is 53.7 Å². The van der Waals surface area contributed by atoms with Gasteiger partial charge in [0.15, 0.2) is 11.0 Å². The number of piperidine rings is 1. The summed E-state index contributed by atoms with van der Waals surface area (Å²) in [5.41, 5.74) is 3.69. The molecule has 0 radical (unpaired) electrons. The van der Waals surface area contributed by atoms with Crippen molar-refractivity contribution in [3.05, 3.63) is 58.7 Å². The van der Waals surface area contributed by atoms with Gasteiger partial charge in [0.1, 0.15) is 5.82 Å². The third kappa shape index (κ3) is 3.56. The number of hydrazone groups is 1. The van der Waals surface area contributed by atoms with E-state index in [9.17, 15) is 9.18 Å². The number of thioether (sulfide) groups is 1.